The van der Waals surface area contributed by atoms with Crippen molar-refractivity contribution in [2.24, 2.45) is 10.9 Å². The monoisotopic (exact) mass is 531 g/mol. The molecular formula is C23H42IN5O. The van der Waals surface area contributed by atoms with Gasteiger partial charge in [-0.25, -0.2) is 0 Å². The number of piperidine rings is 1. The third kappa shape index (κ3) is 10.4. The molecule has 0 bridgehead atoms. The van der Waals surface area contributed by atoms with Crippen molar-refractivity contribution in [3.05, 3.63) is 35.4 Å². The van der Waals surface area contributed by atoms with E-state index in [0.29, 0.717) is 0 Å². The number of nitrogens with zero attached hydrogens (tertiary/aromatic N) is 3. The third-order valence-corrected chi connectivity index (χ3v) is 5.60. The van der Waals surface area contributed by atoms with Crippen LogP contribution in [0.25, 0.3) is 0 Å². The van der Waals surface area contributed by atoms with Gasteiger partial charge >= 0.3 is 0 Å². The van der Waals surface area contributed by atoms with E-state index < -0.39 is 0 Å². The van der Waals surface area contributed by atoms with Crippen LogP contribution in [0.1, 0.15) is 37.3 Å². The highest BCUT2D eigenvalue weighted by atomic mass is 127. The molecule has 1 atom stereocenters. The number of guanidine groups is 1. The van der Waals surface area contributed by atoms with Crippen molar-refractivity contribution >= 4 is 29.9 Å². The van der Waals surface area contributed by atoms with Gasteiger partial charge in [0.1, 0.15) is 0 Å². The first-order valence-electron chi connectivity index (χ1n) is 11.0. The summed E-state index contributed by atoms with van der Waals surface area (Å²) in [6, 6.07) is 8.78. The first kappa shape index (κ1) is 27.1. The summed E-state index contributed by atoms with van der Waals surface area (Å²) in [4.78, 5) is 9.29. The summed E-state index contributed by atoms with van der Waals surface area (Å²) in [6.45, 7) is 10.3. The highest BCUT2D eigenvalue weighted by Gasteiger charge is 2.17. The smallest absolute Gasteiger partial charge is 0.191 e. The topological polar surface area (TPSA) is 52.1 Å². The molecule has 1 heterocycles. The Morgan fingerprint density at radius 3 is 2.70 bits per heavy atom. The van der Waals surface area contributed by atoms with Gasteiger partial charge in [-0.1, -0.05) is 31.2 Å². The summed E-state index contributed by atoms with van der Waals surface area (Å²) < 4.78 is 5.11. The summed E-state index contributed by atoms with van der Waals surface area (Å²) in [5.41, 5.74) is 2.77. The molecule has 1 aliphatic rings. The maximum Gasteiger partial charge on any atom is 0.191 e. The third-order valence-electron chi connectivity index (χ3n) is 5.60. The number of hydrogen-bond donors (Lipinski definition) is 2. The second-order valence-corrected chi connectivity index (χ2v) is 8.25. The Balaban J connectivity index is 0.00000450. The van der Waals surface area contributed by atoms with Crippen molar-refractivity contribution in [3.63, 3.8) is 0 Å². The maximum absolute atomic E-state index is 5.11. The average molecular weight is 532 g/mol. The summed E-state index contributed by atoms with van der Waals surface area (Å²) >= 11 is 0. The van der Waals surface area contributed by atoms with Gasteiger partial charge in [-0.3, -0.25) is 9.89 Å². The maximum atomic E-state index is 5.11. The standard InChI is InChI=1S/C23H41N5O.HI/c1-20-9-7-14-28(18-20)19-22-11-6-5-10-21(22)17-26-23(24-2)25-12-15-27(3)13-8-16-29-4;/h5-6,10-11,20H,7-9,12-19H2,1-4H3,(H2,24,25,26);1H. The molecule has 7 heteroatoms. The summed E-state index contributed by atoms with van der Waals surface area (Å²) in [5, 5.41) is 6.90. The van der Waals surface area contributed by atoms with E-state index in [1.165, 1.54) is 37.1 Å². The lowest BCUT2D eigenvalue weighted by atomic mass is 9.99. The van der Waals surface area contributed by atoms with E-state index in [2.05, 4.69) is 63.7 Å². The summed E-state index contributed by atoms with van der Waals surface area (Å²) in [7, 11) is 5.73. The van der Waals surface area contributed by atoms with Crippen molar-refractivity contribution in [1.29, 1.82) is 0 Å². The van der Waals surface area contributed by atoms with Gasteiger partial charge in [-0.05, 0) is 49.9 Å². The highest BCUT2D eigenvalue weighted by molar-refractivity contribution is 14.0. The normalized spacial score (nSPS) is 17.6. The number of benzene rings is 1. The molecule has 1 fully saturated rings. The van der Waals surface area contributed by atoms with E-state index in [9.17, 15) is 0 Å². The summed E-state index contributed by atoms with van der Waals surface area (Å²) in [5.74, 6) is 1.67. The Bertz CT molecular complexity index is 613. The SMILES string of the molecule is CN=C(NCCN(C)CCCOC)NCc1ccccc1CN1CCCC(C)C1.I. The molecule has 2 rings (SSSR count). The molecule has 0 saturated carbocycles. The van der Waals surface area contributed by atoms with Gasteiger partial charge in [0.05, 0.1) is 0 Å². The van der Waals surface area contributed by atoms with Crippen LogP contribution in [0.4, 0.5) is 0 Å². The van der Waals surface area contributed by atoms with Crippen LogP contribution >= 0.6 is 24.0 Å². The van der Waals surface area contributed by atoms with Crippen LogP contribution in [0, 0.1) is 5.92 Å². The van der Waals surface area contributed by atoms with E-state index in [1.807, 2.05) is 7.05 Å². The minimum atomic E-state index is 0. The van der Waals surface area contributed by atoms with Crippen LogP contribution < -0.4 is 10.6 Å². The Morgan fingerprint density at radius 2 is 2.00 bits per heavy atom. The average Bonchev–Trinajstić information content (AvgIpc) is 2.72. The summed E-state index contributed by atoms with van der Waals surface area (Å²) in [6.07, 6.45) is 3.74. The largest absolute Gasteiger partial charge is 0.385 e. The minimum Gasteiger partial charge on any atom is -0.385 e. The quantitative estimate of drug-likeness (QED) is 0.199. The van der Waals surface area contributed by atoms with Gasteiger partial charge in [-0.15, -0.1) is 24.0 Å². The van der Waals surface area contributed by atoms with E-state index >= 15 is 0 Å². The lowest BCUT2D eigenvalue weighted by molar-refractivity contribution is 0.176. The van der Waals surface area contributed by atoms with Gasteiger partial charge < -0.3 is 20.3 Å². The number of methoxy groups -OCH3 is 1. The molecule has 6 nitrogen and oxygen atoms in total. The zero-order valence-corrected chi connectivity index (χ0v) is 21.7. The second kappa shape index (κ2) is 15.8. The fraction of sp³-hybridized carbons (Fsp3) is 0.696. The minimum absolute atomic E-state index is 0. The van der Waals surface area contributed by atoms with Gasteiger partial charge in [0.2, 0.25) is 0 Å². The van der Waals surface area contributed by atoms with Crippen LogP contribution in [-0.4, -0.2) is 76.3 Å². The fourth-order valence-electron chi connectivity index (χ4n) is 3.91. The number of rotatable bonds is 11. The number of likely N-dealkylation sites (N-methyl/N-ethyl adjacent to an activating group) is 1. The van der Waals surface area contributed by atoms with Crippen molar-refractivity contribution in [2.45, 2.75) is 39.3 Å². The molecule has 0 aliphatic carbocycles. The molecule has 172 valence electrons. The van der Waals surface area contributed by atoms with Gasteiger partial charge in [0.15, 0.2) is 5.96 Å². The molecule has 1 aromatic rings. The predicted molar refractivity (Wildman–Crippen MR) is 138 cm³/mol. The zero-order chi connectivity index (χ0) is 20.9. The Hall–Kier alpha value is -0.900. The Kier molecular flexibility index (Phi) is 14.3. The van der Waals surface area contributed by atoms with Crippen LogP contribution in [0.3, 0.4) is 0 Å². The van der Waals surface area contributed by atoms with Crippen molar-refractivity contribution in [1.82, 2.24) is 20.4 Å². The van der Waals surface area contributed by atoms with Crippen molar-refractivity contribution in [2.75, 3.05) is 60.5 Å². The second-order valence-electron chi connectivity index (χ2n) is 8.25. The van der Waals surface area contributed by atoms with E-state index in [4.69, 9.17) is 4.74 Å². The molecule has 2 N–H and O–H groups in total. The van der Waals surface area contributed by atoms with Crippen LogP contribution in [-0.2, 0) is 17.8 Å². The van der Waals surface area contributed by atoms with Gasteiger partial charge in [0.25, 0.3) is 0 Å². The number of ether oxygens (including phenoxy) is 1. The van der Waals surface area contributed by atoms with Crippen LogP contribution in [0.5, 0.6) is 0 Å². The first-order valence-corrected chi connectivity index (χ1v) is 11.0. The lowest BCUT2D eigenvalue weighted by Crippen LogP contribution is -2.41. The highest BCUT2D eigenvalue weighted by Crippen LogP contribution is 2.19. The van der Waals surface area contributed by atoms with Gasteiger partial charge in [-0.2, -0.15) is 0 Å². The Morgan fingerprint density at radius 1 is 1.23 bits per heavy atom. The van der Waals surface area contributed by atoms with E-state index in [-0.39, 0.29) is 24.0 Å². The molecule has 0 radical (unpaired) electrons. The molecule has 1 aliphatic heterocycles. The van der Waals surface area contributed by atoms with Gasteiger partial charge in [0, 0.05) is 60.0 Å². The van der Waals surface area contributed by atoms with Crippen molar-refractivity contribution in [3.8, 4) is 0 Å². The Labute approximate surface area is 200 Å². The van der Waals surface area contributed by atoms with Crippen LogP contribution in [0.2, 0.25) is 0 Å². The molecule has 1 unspecified atom stereocenters. The molecular weight excluding hydrogens is 489 g/mol. The number of halogens is 1. The van der Waals surface area contributed by atoms with Crippen LogP contribution in [0.15, 0.2) is 29.3 Å². The molecule has 0 amide bonds. The lowest BCUT2D eigenvalue weighted by Gasteiger charge is -2.31. The first-order chi connectivity index (χ1) is 14.1. The number of nitrogens with one attached hydrogen (secondary N) is 2. The number of aliphatic imine (C=N–C) groups is 1. The van der Waals surface area contributed by atoms with Crippen molar-refractivity contribution < 1.29 is 4.74 Å². The molecule has 0 spiro atoms. The number of likely N-dealkylation sites (tertiary alicyclic amines) is 1. The zero-order valence-electron chi connectivity index (χ0n) is 19.3. The number of hydrogen-bond acceptors (Lipinski definition) is 4. The molecule has 0 aromatic heterocycles. The predicted octanol–water partition coefficient (Wildman–Crippen LogP) is 3.17. The fourth-order valence-corrected chi connectivity index (χ4v) is 3.91. The van der Waals surface area contributed by atoms with E-state index in [0.717, 1.165) is 57.6 Å². The molecule has 1 saturated heterocycles. The van der Waals surface area contributed by atoms with E-state index in [1.54, 1.807) is 7.11 Å². The molecule has 1 aromatic carbocycles. The molecule has 30 heavy (non-hydrogen) atoms.